The van der Waals surface area contributed by atoms with E-state index in [1.54, 1.807) is 12.1 Å². The molecule has 498 valence electrons. The largest absolute Gasteiger partial charge is 0.480 e. The molecule has 18 heteroatoms. The number of aromatic nitrogens is 1. The first-order valence-corrected chi connectivity index (χ1v) is 33.3. The van der Waals surface area contributed by atoms with E-state index in [2.05, 4.69) is 71.0 Å². The van der Waals surface area contributed by atoms with Crippen molar-refractivity contribution >= 4 is 59.4 Å². The van der Waals surface area contributed by atoms with Crippen molar-refractivity contribution in [1.82, 2.24) is 10.3 Å². The van der Waals surface area contributed by atoms with Gasteiger partial charge in [0.05, 0.1) is 17.7 Å². The molecule has 2 fully saturated rings. The molecule has 2 saturated carbocycles. The Balaban J connectivity index is 1.88. The van der Waals surface area contributed by atoms with Gasteiger partial charge in [0.15, 0.2) is 0 Å². The van der Waals surface area contributed by atoms with Crippen LogP contribution in [0.1, 0.15) is 250 Å². The first-order valence-electron chi connectivity index (χ1n) is 33.3. The molecule has 2 amide bonds. The number of aliphatic carboxylic acids is 2. The lowest BCUT2D eigenvalue weighted by Crippen LogP contribution is -2.49. The van der Waals surface area contributed by atoms with Gasteiger partial charge in [-0.05, 0) is 181 Å². The summed E-state index contributed by atoms with van der Waals surface area (Å²) in [7, 11) is 0. The van der Waals surface area contributed by atoms with Gasteiger partial charge in [-0.15, -0.1) is 0 Å². The number of nitrogens with one attached hydrogen (secondary N) is 3. The number of carboxylic acids is 2. The molecule has 4 rings (SSSR count). The summed E-state index contributed by atoms with van der Waals surface area (Å²) in [6.45, 7) is 36.8. The second kappa shape index (κ2) is 33.1. The molecule has 5 unspecified atom stereocenters. The maximum atomic E-state index is 15.3. The van der Waals surface area contributed by atoms with Crippen LogP contribution in [0.15, 0.2) is 27.9 Å². The van der Waals surface area contributed by atoms with Crippen LogP contribution < -0.4 is 10.6 Å². The summed E-state index contributed by atoms with van der Waals surface area (Å²) in [5.74, 6) is -3.53. The highest BCUT2D eigenvalue weighted by Crippen LogP contribution is 2.51. The average Bonchev–Trinajstić information content (AvgIpc) is 1.49. The number of carbonyl (C=O) groups excluding carboxylic acids is 5. The van der Waals surface area contributed by atoms with Crippen LogP contribution in [-0.2, 0) is 52.5 Å². The number of amidine groups is 1. The van der Waals surface area contributed by atoms with Crippen molar-refractivity contribution in [2.24, 2.45) is 73.5 Å². The summed E-state index contributed by atoms with van der Waals surface area (Å²) in [6, 6.07) is 1.66. The van der Waals surface area contributed by atoms with Gasteiger partial charge in [-0.2, -0.15) is 0 Å². The lowest BCUT2D eigenvalue weighted by Gasteiger charge is -2.50. The monoisotopic (exact) mass is 1230 g/mol. The molecule has 0 spiro atoms. The third-order valence-electron chi connectivity index (χ3n) is 20.2. The van der Waals surface area contributed by atoms with Gasteiger partial charge in [-0.25, -0.2) is 24.2 Å². The topological polar surface area (TPSA) is 258 Å². The van der Waals surface area contributed by atoms with Crippen LogP contribution in [0.3, 0.4) is 0 Å². The average molecular weight is 1240 g/mol. The van der Waals surface area contributed by atoms with Gasteiger partial charge in [0.1, 0.15) is 48.2 Å². The van der Waals surface area contributed by atoms with E-state index in [0.29, 0.717) is 107 Å². The van der Waals surface area contributed by atoms with Gasteiger partial charge in [-0.1, -0.05) is 111 Å². The molecule has 0 aromatic carbocycles. The number of aromatic amines is 1. The van der Waals surface area contributed by atoms with E-state index in [1.165, 1.54) is 0 Å². The fourth-order valence-electron chi connectivity index (χ4n) is 13.6. The second-order valence-electron chi connectivity index (χ2n) is 29.0. The summed E-state index contributed by atoms with van der Waals surface area (Å²) in [4.78, 5) is 104. The molecule has 2 aliphatic carbocycles. The van der Waals surface area contributed by atoms with Crippen molar-refractivity contribution in [3.05, 3.63) is 34.2 Å². The molecule has 2 heterocycles. The number of anilines is 1. The van der Waals surface area contributed by atoms with Gasteiger partial charge in [0, 0.05) is 41.6 Å². The minimum absolute atomic E-state index is 0.0175. The first kappa shape index (κ1) is 75.1. The maximum Gasteiger partial charge on any atom is 0.342 e. The predicted molar refractivity (Wildman–Crippen MR) is 344 cm³/mol. The highest BCUT2D eigenvalue weighted by atomic mass is 16.6. The third-order valence-corrected chi connectivity index (χ3v) is 20.2. The number of carboxylic acid groups (broad SMARTS) is 2. The van der Waals surface area contributed by atoms with Gasteiger partial charge in [0.2, 0.25) is 11.8 Å². The molecule has 1 aliphatic heterocycles. The van der Waals surface area contributed by atoms with E-state index >= 15 is 14.4 Å². The number of nitrogens with zero attached hydrogens (tertiary/aromatic N) is 1. The predicted octanol–water partition coefficient (Wildman–Crippen LogP) is 14.6. The number of aliphatic imine (C=N–C) groups is 1. The zero-order valence-corrected chi connectivity index (χ0v) is 57.1. The van der Waals surface area contributed by atoms with Crippen LogP contribution in [0, 0.1) is 68.5 Å². The van der Waals surface area contributed by atoms with Gasteiger partial charge < -0.3 is 49.5 Å². The fraction of sp³-hybridized carbons (Fsp3) is 0.771. The zero-order chi connectivity index (χ0) is 66.1. The Labute approximate surface area is 527 Å². The summed E-state index contributed by atoms with van der Waals surface area (Å²) < 4.78 is 29.9. The van der Waals surface area contributed by atoms with Gasteiger partial charge in [0.25, 0.3) is 0 Å². The van der Waals surface area contributed by atoms with Crippen LogP contribution in [0.25, 0.3) is 6.08 Å². The lowest BCUT2D eigenvalue weighted by molar-refractivity contribution is -0.154. The molecular weight excluding hydrogens is 1120 g/mol. The Hall–Kier alpha value is -5.36. The van der Waals surface area contributed by atoms with E-state index in [1.807, 2.05) is 69.2 Å². The molecule has 1 aromatic rings. The molecule has 5 N–H and O–H groups in total. The number of rotatable bonds is 33. The SMILES string of the molecule is CCC(C)(C)C(=O)OCCCC(CC)(CC)C(=O)NC1=NC(=Cc2cc(C(=O)OC3C(C(C)(C)C)CC(CCCOCC(=O)O)CC3C(C)(C)C)c(NC(=O)C(CC)(CC)CC)[nH]2)C(C(C)C)=C1C(=O)OC1CCC(CCCOCC(=O)O)CC1C(C)C. The summed E-state index contributed by atoms with van der Waals surface area (Å²) in [5, 5.41) is 24.5. The molecular formula is C70H114N4O14. The summed E-state index contributed by atoms with van der Waals surface area (Å²) >= 11 is 0. The Morgan fingerprint density at radius 2 is 1.19 bits per heavy atom. The molecule has 18 nitrogen and oxygen atoms in total. The van der Waals surface area contributed by atoms with Crippen molar-refractivity contribution in [3.8, 4) is 0 Å². The standard InChI is InChI=1S/C70H114N4O14/c1-19-68(17,18)65(83)86-35-27-32-70(23-5,24-6)64(82)74-60-57(62(80)87-53-31-30-45(36-48(53)43(7)8)28-25-33-84-41-54(75)76)56(44(9)10)52(72-60)40-47-39-49(59(71-47)73-63(81)69(20-2,21-3)22-4)61(79)88-58-50(66(11,12)13)37-46(38-51(58)67(14,15)16)29-26-34-85-42-55(77)78/h39-40,43-46,48,50-51,53,58,71H,19-38,41-42H2,1-18H3,(H,73,81)(H,75,76)(H,77,78)(H,72,74,82). The third kappa shape index (κ3) is 20.1. The second-order valence-corrected chi connectivity index (χ2v) is 29.0. The van der Waals surface area contributed by atoms with Crippen LogP contribution in [0.5, 0.6) is 0 Å². The van der Waals surface area contributed by atoms with E-state index in [-0.39, 0.29) is 107 Å². The maximum absolute atomic E-state index is 15.3. The number of allylic oxidation sites excluding steroid dienone is 1. The Kier molecular flexibility index (Phi) is 28.3. The molecule has 0 bridgehead atoms. The Morgan fingerprint density at radius 1 is 0.659 bits per heavy atom. The minimum atomic E-state index is -1.00. The van der Waals surface area contributed by atoms with Gasteiger partial charge >= 0.3 is 29.8 Å². The summed E-state index contributed by atoms with van der Waals surface area (Å²) in [5.41, 5.74) is -1.31. The van der Waals surface area contributed by atoms with Crippen molar-refractivity contribution in [2.75, 3.05) is 38.4 Å². The van der Waals surface area contributed by atoms with Crippen LogP contribution >= 0.6 is 0 Å². The highest BCUT2D eigenvalue weighted by Gasteiger charge is 2.50. The molecule has 1 aromatic heterocycles. The highest BCUT2D eigenvalue weighted by molar-refractivity contribution is 6.26. The number of hydrogen-bond acceptors (Lipinski definition) is 13. The van der Waals surface area contributed by atoms with Gasteiger partial charge in [-0.3, -0.25) is 14.4 Å². The number of esters is 3. The normalized spacial score (nSPS) is 21.8. The van der Waals surface area contributed by atoms with Crippen molar-refractivity contribution in [1.29, 1.82) is 0 Å². The quantitative estimate of drug-likeness (QED) is 0.0249. The number of hydrogen-bond donors (Lipinski definition) is 5. The lowest BCUT2D eigenvalue weighted by atomic mass is 9.58. The molecule has 0 radical (unpaired) electrons. The molecule has 88 heavy (non-hydrogen) atoms. The van der Waals surface area contributed by atoms with Crippen LogP contribution in [0.4, 0.5) is 5.82 Å². The number of amides is 2. The van der Waals surface area contributed by atoms with Crippen molar-refractivity contribution < 1.29 is 67.5 Å². The van der Waals surface area contributed by atoms with E-state index < -0.39 is 52.3 Å². The number of ether oxygens (including phenoxy) is 5. The van der Waals surface area contributed by atoms with E-state index in [4.69, 9.17) is 38.9 Å². The Bertz CT molecular complexity index is 2590. The minimum Gasteiger partial charge on any atom is -0.480 e. The van der Waals surface area contributed by atoms with E-state index in [0.717, 1.165) is 38.5 Å². The van der Waals surface area contributed by atoms with Crippen LogP contribution in [-0.4, -0.2) is 108 Å². The summed E-state index contributed by atoms with van der Waals surface area (Å²) in [6.07, 6.45) is 11.8. The number of H-pyrrole nitrogens is 1. The molecule has 0 saturated heterocycles. The smallest absolute Gasteiger partial charge is 0.342 e. The zero-order valence-electron chi connectivity index (χ0n) is 57.1. The van der Waals surface area contributed by atoms with E-state index in [9.17, 15) is 19.2 Å². The molecule has 3 aliphatic rings. The first-order chi connectivity index (χ1) is 41.2. The molecule has 5 atom stereocenters. The fourth-order valence-corrected chi connectivity index (χ4v) is 13.6. The van der Waals surface area contributed by atoms with Crippen molar-refractivity contribution in [3.63, 3.8) is 0 Å². The van der Waals surface area contributed by atoms with Crippen molar-refractivity contribution in [2.45, 2.75) is 246 Å². The number of carbonyl (C=O) groups is 7. The van der Waals surface area contributed by atoms with Crippen LogP contribution in [0.2, 0.25) is 0 Å². The Morgan fingerprint density at radius 3 is 1.68 bits per heavy atom.